The second-order valence-corrected chi connectivity index (χ2v) is 9.32. The summed E-state index contributed by atoms with van der Waals surface area (Å²) in [6.45, 7) is 4.24. The van der Waals surface area contributed by atoms with Gasteiger partial charge in [0.15, 0.2) is 5.78 Å². The molecule has 31 heavy (non-hydrogen) atoms. The van der Waals surface area contributed by atoms with E-state index in [1.54, 1.807) is 11.3 Å². The van der Waals surface area contributed by atoms with E-state index in [1.165, 1.54) is 4.88 Å². The molecule has 0 spiro atoms. The minimum atomic E-state index is -0.551. The number of rotatable bonds is 7. The molecule has 0 radical (unpaired) electrons. The number of thiocarbonyl (C=S) groups is 1. The first-order valence-corrected chi connectivity index (χ1v) is 11.6. The van der Waals surface area contributed by atoms with E-state index in [2.05, 4.69) is 34.4 Å². The number of carbonyl (C=O) groups excluding carboxylic acids is 1. The number of carbonyl (C=O) groups is 1. The lowest BCUT2D eigenvalue weighted by molar-refractivity contribution is -0.122. The summed E-state index contributed by atoms with van der Waals surface area (Å²) in [5, 5.41) is 14.1. The molecule has 1 aliphatic heterocycles. The number of aromatic nitrogens is 2. The number of aliphatic hydroxyl groups excluding tert-OH is 1. The highest BCUT2D eigenvalue weighted by Gasteiger charge is 2.36. The third kappa shape index (κ3) is 5.08. The Labute approximate surface area is 190 Å². The Kier molecular flexibility index (Phi) is 6.60. The van der Waals surface area contributed by atoms with Crippen LogP contribution >= 0.6 is 23.6 Å². The number of β-amino-alcohol motifs (C(OH)–C–C–N with tert-alkyl or cyclic N) is 1. The van der Waals surface area contributed by atoms with Crippen molar-refractivity contribution in [2.45, 2.75) is 51.7 Å². The van der Waals surface area contributed by atoms with E-state index in [0.717, 1.165) is 22.5 Å². The maximum Gasteiger partial charge on any atom is 0.155 e. The summed E-state index contributed by atoms with van der Waals surface area (Å²) in [5.41, 5.74) is 5.94. The van der Waals surface area contributed by atoms with Gasteiger partial charge in [0.25, 0.3) is 0 Å². The molecular formula is C23H25N3O3S2. The quantitative estimate of drug-likeness (QED) is 0.541. The van der Waals surface area contributed by atoms with Crippen LogP contribution in [0.2, 0.25) is 0 Å². The molecule has 1 fully saturated rings. The zero-order valence-corrected chi connectivity index (χ0v) is 19.2. The number of hydrogen-bond acceptors (Lipinski definition) is 7. The molecule has 1 aliphatic rings. The summed E-state index contributed by atoms with van der Waals surface area (Å²) in [5.74, 6) is 0.779. The maximum absolute atomic E-state index is 13.0. The fourth-order valence-corrected chi connectivity index (χ4v) is 5.14. The Morgan fingerprint density at radius 3 is 2.74 bits per heavy atom. The summed E-state index contributed by atoms with van der Waals surface area (Å²) >= 11 is 7.20. The van der Waals surface area contributed by atoms with E-state index in [-0.39, 0.29) is 11.8 Å². The van der Waals surface area contributed by atoms with Crippen molar-refractivity contribution in [2.75, 3.05) is 6.54 Å². The first-order chi connectivity index (χ1) is 14.9. The van der Waals surface area contributed by atoms with E-state index >= 15 is 0 Å². The summed E-state index contributed by atoms with van der Waals surface area (Å²) in [6, 6.07) is 9.76. The average Bonchev–Trinajstić information content (AvgIpc) is 3.46. The molecule has 0 saturated carbocycles. The van der Waals surface area contributed by atoms with Gasteiger partial charge in [0.1, 0.15) is 5.76 Å². The number of aryl methyl sites for hydroxylation is 3. The smallest absolute Gasteiger partial charge is 0.155 e. The fourth-order valence-electron chi connectivity index (χ4n) is 3.98. The van der Waals surface area contributed by atoms with E-state index in [4.69, 9.17) is 16.7 Å². The Hall–Kier alpha value is -2.42. The second kappa shape index (κ2) is 9.38. The minimum Gasteiger partial charge on any atom is -0.391 e. The van der Waals surface area contributed by atoms with Crippen LogP contribution in [0.3, 0.4) is 0 Å². The van der Waals surface area contributed by atoms with Crippen LogP contribution < -0.4 is 0 Å². The average molecular weight is 456 g/mol. The zero-order valence-electron chi connectivity index (χ0n) is 17.6. The molecule has 4 rings (SSSR count). The van der Waals surface area contributed by atoms with Crippen LogP contribution in [0.5, 0.6) is 0 Å². The third-order valence-corrected chi connectivity index (χ3v) is 6.95. The van der Waals surface area contributed by atoms with Crippen molar-refractivity contribution in [3.63, 3.8) is 0 Å². The molecule has 0 unspecified atom stereocenters. The normalized spacial score (nSPS) is 18.5. The topological polar surface area (TPSA) is 79.5 Å². The molecule has 2 atom stereocenters. The maximum atomic E-state index is 13.0. The first-order valence-electron chi connectivity index (χ1n) is 10.3. The van der Waals surface area contributed by atoms with Crippen molar-refractivity contribution < 1.29 is 14.4 Å². The lowest BCUT2D eigenvalue weighted by atomic mass is 10.00. The molecule has 0 bridgehead atoms. The Bertz CT molecular complexity index is 1070. The second-order valence-electron chi connectivity index (χ2n) is 7.99. The van der Waals surface area contributed by atoms with Crippen LogP contribution in [0, 0.1) is 13.8 Å². The Balaban J connectivity index is 1.36. The molecule has 2 aromatic heterocycles. The third-order valence-electron chi connectivity index (χ3n) is 5.59. The highest BCUT2D eigenvalue weighted by Crippen LogP contribution is 2.28. The molecular weight excluding hydrogens is 430 g/mol. The number of aliphatic hydroxyl groups is 1. The Morgan fingerprint density at radius 2 is 2.10 bits per heavy atom. The number of nitrogens with zero attached hydrogens (tertiary/aromatic N) is 3. The summed E-state index contributed by atoms with van der Waals surface area (Å²) < 4.78 is 5.25. The molecule has 8 heteroatoms. The van der Waals surface area contributed by atoms with Gasteiger partial charge in [-0.1, -0.05) is 41.6 Å². The van der Waals surface area contributed by atoms with Crippen molar-refractivity contribution in [2.24, 2.45) is 0 Å². The van der Waals surface area contributed by atoms with Crippen molar-refractivity contribution in [1.29, 1.82) is 0 Å². The molecule has 0 aliphatic carbocycles. The number of Topliss-reactive ketones (excluding diaryl/α,β-unsaturated/α-hetero) is 1. The fraction of sp³-hybridized carbons (Fsp3) is 0.391. The largest absolute Gasteiger partial charge is 0.391 e. The molecule has 1 aromatic carbocycles. The van der Waals surface area contributed by atoms with Gasteiger partial charge in [-0.3, -0.25) is 4.79 Å². The van der Waals surface area contributed by atoms with Crippen molar-refractivity contribution in [3.05, 3.63) is 58.6 Å². The lowest BCUT2D eigenvalue weighted by Gasteiger charge is -2.25. The minimum absolute atomic E-state index is 0.107. The van der Waals surface area contributed by atoms with Crippen LogP contribution in [0.1, 0.15) is 35.6 Å². The standard InChI is InChI=1S/C23H25N3O3S2/c1-14-9-19(29-25-14)11-22(30)26-12-18(27)10-20(26)21(28)8-5-16-3-6-17(7-4-16)23-15(2)24-13-31-23/h3-4,6-7,9,13,18,20,27H,5,8,10-12H2,1-2H3/t18-,20+/m1/s1. The van der Waals surface area contributed by atoms with E-state index < -0.39 is 6.10 Å². The van der Waals surface area contributed by atoms with Gasteiger partial charge >= 0.3 is 0 Å². The zero-order chi connectivity index (χ0) is 22.0. The van der Waals surface area contributed by atoms with Gasteiger partial charge in [-0.2, -0.15) is 0 Å². The van der Waals surface area contributed by atoms with Crippen LogP contribution in [-0.4, -0.2) is 49.6 Å². The van der Waals surface area contributed by atoms with E-state index in [0.29, 0.717) is 43.0 Å². The lowest BCUT2D eigenvalue weighted by Crippen LogP contribution is -2.40. The number of thiazole rings is 1. The molecule has 162 valence electrons. The monoisotopic (exact) mass is 455 g/mol. The molecule has 0 amide bonds. The highest BCUT2D eigenvalue weighted by atomic mass is 32.1. The Morgan fingerprint density at radius 1 is 1.32 bits per heavy atom. The predicted molar refractivity (Wildman–Crippen MR) is 124 cm³/mol. The molecule has 1 saturated heterocycles. The summed E-state index contributed by atoms with van der Waals surface area (Å²) in [6.07, 6.45) is 1.35. The van der Waals surface area contributed by atoms with Gasteiger partial charge in [-0.05, 0) is 31.4 Å². The molecule has 3 aromatic rings. The molecule has 3 heterocycles. The van der Waals surface area contributed by atoms with Gasteiger partial charge in [-0.25, -0.2) is 4.98 Å². The van der Waals surface area contributed by atoms with Crippen molar-refractivity contribution in [3.8, 4) is 10.4 Å². The number of benzene rings is 1. The van der Waals surface area contributed by atoms with Gasteiger partial charge in [-0.15, -0.1) is 11.3 Å². The van der Waals surface area contributed by atoms with E-state index in [1.807, 2.05) is 30.3 Å². The van der Waals surface area contributed by atoms with Gasteiger partial charge in [0.05, 0.1) is 45.3 Å². The first kappa shape index (κ1) is 21.8. The highest BCUT2D eigenvalue weighted by molar-refractivity contribution is 7.80. The molecule has 6 nitrogen and oxygen atoms in total. The van der Waals surface area contributed by atoms with Crippen molar-refractivity contribution >= 4 is 34.3 Å². The van der Waals surface area contributed by atoms with Crippen LogP contribution in [0.15, 0.2) is 40.4 Å². The number of ketones is 1. The van der Waals surface area contributed by atoms with Crippen LogP contribution in [-0.2, 0) is 17.6 Å². The summed E-state index contributed by atoms with van der Waals surface area (Å²) in [7, 11) is 0. The van der Waals surface area contributed by atoms with Crippen LogP contribution in [0.25, 0.3) is 10.4 Å². The van der Waals surface area contributed by atoms with Gasteiger partial charge in [0, 0.05) is 25.5 Å². The van der Waals surface area contributed by atoms with Gasteiger partial charge in [0.2, 0.25) is 0 Å². The number of likely N-dealkylation sites (tertiary alicyclic amines) is 1. The van der Waals surface area contributed by atoms with Gasteiger partial charge < -0.3 is 14.5 Å². The van der Waals surface area contributed by atoms with E-state index in [9.17, 15) is 9.90 Å². The van der Waals surface area contributed by atoms with Crippen molar-refractivity contribution in [1.82, 2.24) is 15.0 Å². The van der Waals surface area contributed by atoms with Crippen LogP contribution in [0.4, 0.5) is 0 Å². The SMILES string of the molecule is Cc1cc(CC(=S)N2C[C@H](O)C[C@H]2C(=O)CCc2ccc(-c3scnc3C)cc2)on1. The molecule has 1 N–H and O–H groups in total. The summed E-state index contributed by atoms with van der Waals surface area (Å²) in [4.78, 5) is 20.9. The predicted octanol–water partition coefficient (Wildman–Crippen LogP) is 3.92. The number of hydrogen-bond donors (Lipinski definition) is 1.